The lowest BCUT2D eigenvalue weighted by atomic mass is 10.1. The van der Waals surface area contributed by atoms with Crippen molar-refractivity contribution in [3.63, 3.8) is 0 Å². The van der Waals surface area contributed by atoms with E-state index in [2.05, 4.69) is 20.7 Å². The minimum Gasteiger partial charge on any atom is -0.346 e. The summed E-state index contributed by atoms with van der Waals surface area (Å²) in [6.45, 7) is 4.35. The maximum Gasteiger partial charge on any atom is 0.251 e. The van der Waals surface area contributed by atoms with E-state index in [1.165, 1.54) is 6.33 Å². The molecule has 2 N–H and O–H groups in total. The van der Waals surface area contributed by atoms with Gasteiger partial charge in [0.1, 0.15) is 12.7 Å². The predicted octanol–water partition coefficient (Wildman–Crippen LogP) is 3.17. The van der Waals surface area contributed by atoms with Crippen LogP contribution in [0.2, 0.25) is 0 Å². The van der Waals surface area contributed by atoms with Crippen molar-refractivity contribution < 1.29 is 9.59 Å². The molecular formula is C21H23N5O2. The van der Waals surface area contributed by atoms with Crippen LogP contribution in [0.4, 0.5) is 5.69 Å². The van der Waals surface area contributed by atoms with Crippen LogP contribution >= 0.6 is 0 Å². The van der Waals surface area contributed by atoms with E-state index in [1.807, 2.05) is 50.2 Å². The molecule has 3 rings (SSSR count). The first-order valence-electron chi connectivity index (χ1n) is 9.17. The van der Waals surface area contributed by atoms with Crippen molar-refractivity contribution in [2.24, 2.45) is 0 Å². The third-order valence-electron chi connectivity index (χ3n) is 4.39. The van der Waals surface area contributed by atoms with E-state index in [1.54, 1.807) is 23.1 Å². The van der Waals surface area contributed by atoms with Crippen molar-refractivity contribution >= 4 is 17.5 Å². The molecule has 0 bridgehead atoms. The molecule has 3 aromatic rings. The Morgan fingerprint density at radius 3 is 2.39 bits per heavy atom. The molecule has 0 saturated heterocycles. The summed E-state index contributed by atoms with van der Waals surface area (Å²) in [4.78, 5) is 27.9. The van der Waals surface area contributed by atoms with Crippen LogP contribution < -0.4 is 10.6 Å². The van der Waals surface area contributed by atoms with Crippen LogP contribution in [0.15, 0.2) is 61.2 Å². The van der Waals surface area contributed by atoms with Gasteiger partial charge in [-0.05, 0) is 42.3 Å². The molecule has 0 radical (unpaired) electrons. The fourth-order valence-corrected chi connectivity index (χ4v) is 2.73. The number of rotatable bonds is 7. The highest BCUT2D eigenvalue weighted by Gasteiger charge is 2.12. The third-order valence-corrected chi connectivity index (χ3v) is 4.39. The lowest BCUT2D eigenvalue weighted by molar-refractivity contribution is -0.115. The number of nitrogens with zero attached hydrogens (tertiary/aromatic N) is 3. The average molecular weight is 377 g/mol. The monoisotopic (exact) mass is 377 g/mol. The van der Waals surface area contributed by atoms with Gasteiger partial charge < -0.3 is 10.6 Å². The van der Waals surface area contributed by atoms with Crippen LogP contribution in [0.25, 0.3) is 0 Å². The van der Waals surface area contributed by atoms with Gasteiger partial charge in [-0.15, -0.1) is 0 Å². The van der Waals surface area contributed by atoms with E-state index in [0.29, 0.717) is 18.5 Å². The summed E-state index contributed by atoms with van der Waals surface area (Å²) in [5.41, 5.74) is 3.35. The zero-order valence-electron chi connectivity index (χ0n) is 15.9. The summed E-state index contributed by atoms with van der Waals surface area (Å²) in [7, 11) is 0. The number of hydrogen-bond acceptors (Lipinski definition) is 4. The molecule has 7 nitrogen and oxygen atoms in total. The highest BCUT2D eigenvalue weighted by Crippen LogP contribution is 2.17. The Balaban J connectivity index is 1.58. The van der Waals surface area contributed by atoms with E-state index >= 15 is 0 Å². The van der Waals surface area contributed by atoms with Gasteiger partial charge in [0, 0.05) is 17.7 Å². The second-order valence-electron chi connectivity index (χ2n) is 6.51. The van der Waals surface area contributed by atoms with Gasteiger partial charge in [0.15, 0.2) is 0 Å². The molecule has 1 aromatic heterocycles. The van der Waals surface area contributed by atoms with Gasteiger partial charge in [0.2, 0.25) is 5.91 Å². The Kier molecular flexibility index (Phi) is 6.16. The van der Waals surface area contributed by atoms with Crippen LogP contribution in [0.5, 0.6) is 0 Å². The van der Waals surface area contributed by atoms with Crippen molar-refractivity contribution in [1.29, 1.82) is 0 Å². The molecule has 1 unspecified atom stereocenters. The Hall–Kier alpha value is -3.48. The molecule has 0 saturated carbocycles. The quantitative estimate of drug-likeness (QED) is 0.662. The SMILES string of the molecule is CCC(=O)Nc1ccc(C(C)NC(=O)c2ccc(Cn3cncn3)cc2)cc1. The normalized spacial score (nSPS) is 11.6. The first-order chi connectivity index (χ1) is 13.5. The lowest BCUT2D eigenvalue weighted by Crippen LogP contribution is -2.26. The number of carbonyl (C=O) groups is 2. The first kappa shape index (κ1) is 19.3. The average Bonchev–Trinajstić information content (AvgIpc) is 3.22. The maximum atomic E-state index is 12.5. The summed E-state index contributed by atoms with van der Waals surface area (Å²) < 4.78 is 1.73. The number of carbonyl (C=O) groups excluding carboxylic acids is 2. The zero-order valence-corrected chi connectivity index (χ0v) is 15.9. The second-order valence-corrected chi connectivity index (χ2v) is 6.51. The van der Waals surface area contributed by atoms with Crippen molar-refractivity contribution in [3.8, 4) is 0 Å². The van der Waals surface area contributed by atoms with Crippen LogP contribution in [0, 0.1) is 0 Å². The van der Waals surface area contributed by atoms with Crippen LogP contribution in [0.3, 0.4) is 0 Å². The lowest BCUT2D eigenvalue weighted by Gasteiger charge is -2.15. The van der Waals surface area contributed by atoms with Crippen LogP contribution in [0.1, 0.15) is 47.8 Å². The smallest absolute Gasteiger partial charge is 0.251 e. The topological polar surface area (TPSA) is 88.9 Å². The molecule has 1 atom stereocenters. The molecule has 7 heteroatoms. The molecule has 144 valence electrons. The van der Waals surface area contributed by atoms with Gasteiger partial charge >= 0.3 is 0 Å². The molecule has 2 aromatic carbocycles. The largest absolute Gasteiger partial charge is 0.346 e. The molecule has 0 fully saturated rings. The number of nitrogens with one attached hydrogen (secondary N) is 2. The minimum atomic E-state index is -0.154. The summed E-state index contributed by atoms with van der Waals surface area (Å²) in [6, 6.07) is 14.7. The molecule has 0 spiro atoms. The minimum absolute atomic E-state index is 0.0265. The Morgan fingerprint density at radius 1 is 1.07 bits per heavy atom. The summed E-state index contributed by atoms with van der Waals surface area (Å²) in [5, 5.41) is 9.88. The van der Waals surface area contributed by atoms with Crippen LogP contribution in [-0.4, -0.2) is 26.6 Å². The zero-order chi connectivity index (χ0) is 19.9. The second kappa shape index (κ2) is 8.94. The maximum absolute atomic E-state index is 12.5. The fraction of sp³-hybridized carbons (Fsp3) is 0.238. The number of aromatic nitrogens is 3. The van der Waals surface area contributed by atoms with E-state index in [9.17, 15) is 9.59 Å². The Morgan fingerprint density at radius 2 is 1.79 bits per heavy atom. The first-order valence-corrected chi connectivity index (χ1v) is 9.17. The Bertz CT molecular complexity index is 918. The van der Waals surface area contributed by atoms with Gasteiger partial charge in [-0.2, -0.15) is 5.10 Å². The highest BCUT2D eigenvalue weighted by molar-refractivity contribution is 5.94. The van der Waals surface area contributed by atoms with Crippen LogP contribution in [-0.2, 0) is 11.3 Å². The standard InChI is InChI=1S/C21H23N5O2/c1-3-20(27)25-19-10-8-17(9-11-19)15(2)24-21(28)18-6-4-16(5-7-18)12-26-14-22-13-23-26/h4-11,13-15H,3,12H2,1-2H3,(H,24,28)(H,25,27). The van der Waals surface area contributed by atoms with Gasteiger partial charge in [0.25, 0.3) is 5.91 Å². The highest BCUT2D eigenvalue weighted by atomic mass is 16.2. The molecule has 0 aliphatic carbocycles. The molecule has 1 heterocycles. The van der Waals surface area contributed by atoms with E-state index in [0.717, 1.165) is 16.8 Å². The van der Waals surface area contributed by atoms with Gasteiger partial charge in [0.05, 0.1) is 12.6 Å². The fourth-order valence-electron chi connectivity index (χ4n) is 2.73. The molecule has 2 amide bonds. The molecule has 0 aliphatic heterocycles. The number of anilines is 1. The van der Waals surface area contributed by atoms with Crippen molar-refractivity contribution in [3.05, 3.63) is 77.9 Å². The Labute approximate surface area is 163 Å². The van der Waals surface area contributed by atoms with Gasteiger partial charge in [-0.1, -0.05) is 31.2 Å². The molecule has 28 heavy (non-hydrogen) atoms. The summed E-state index contributed by atoms with van der Waals surface area (Å²) in [5.74, 6) is -0.162. The van der Waals surface area contributed by atoms with Gasteiger partial charge in [-0.3, -0.25) is 9.59 Å². The molecular weight excluding hydrogens is 354 g/mol. The number of hydrogen-bond donors (Lipinski definition) is 2. The summed E-state index contributed by atoms with van der Waals surface area (Å²) in [6.07, 6.45) is 3.58. The molecule has 0 aliphatic rings. The number of benzene rings is 2. The van der Waals surface area contributed by atoms with E-state index in [4.69, 9.17) is 0 Å². The van der Waals surface area contributed by atoms with E-state index in [-0.39, 0.29) is 17.9 Å². The third kappa shape index (κ3) is 5.03. The van der Waals surface area contributed by atoms with Crippen molar-refractivity contribution in [1.82, 2.24) is 20.1 Å². The van der Waals surface area contributed by atoms with Crippen molar-refractivity contribution in [2.45, 2.75) is 32.9 Å². The van der Waals surface area contributed by atoms with E-state index < -0.39 is 0 Å². The number of amides is 2. The summed E-state index contributed by atoms with van der Waals surface area (Å²) >= 11 is 0. The predicted molar refractivity (Wildman–Crippen MR) is 107 cm³/mol. The van der Waals surface area contributed by atoms with Crippen molar-refractivity contribution in [2.75, 3.05) is 5.32 Å². The van der Waals surface area contributed by atoms with Gasteiger partial charge in [-0.25, -0.2) is 9.67 Å².